The Morgan fingerprint density at radius 3 is 2.18 bits per heavy atom. The number of rotatable bonds is 8. The van der Waals surface area contributed by atoms with Gasteiger partial charge in [-0.2, -0.15) is 4.98 Å². The Morgan fingerprint density at radius 2 is 1.54 bits per heavy atom. The molecule has 0 aliphatic heterocycles. The molecule has 0 spiro atoms. The summed E-state index contributed by atoms with van der Waals surface area (Å²) in [5, 5.41) is 2.65. The third kappa shape index (κ3) is 5.57. The van der Waals surface area contributed by atoms with Crippen molar-refractivity contribution in [2.45, 2.75) is 6.42 Å². The number of carbonyl (C=O) groups is 2. The van der Waals surface area contributed by atoms with Gasteiger partial charge < -0.3 is 20.5 Å². The second-order valence-electron chi connectivity index (χ2n) is 5.87. The van der Waals surface area contributed by atoms with Crippen LogP contribution in [0.3, 0.4) is 0 Å². The Labute approximate surface area is 162 Å². The average molecular weight is 377 g/mol. The summed E-state index contributed by atoms with van der Waals surface area (Å²) in [5.74, 6) is 0.747. The molecule has 1 aromatic heterocycles. The summed E-state index contributed by atoms with van der Waals surface area (Å²) in [7, 11) is 0. The van der Waals surface area contributed by atoms with Gasteiger partial charge in [0.05, 0.1) is 6.42 Å². The molecule has 0 atom stereocenters. The molecule has 7 nitrogen and oxygen atoms in total. The summed E-state index contributed by atoms with van der Waals surface area (Å²) < 4.78 is 11.2. The molecule has 28 heavy (non-hydrogen) atoms. The Kier molecular flexibility index (Phi) is 6.20. The first kappa shape index (κ1) is 18.9. The van der Waals surface area contributed by atoms with Crippen molar-refractivity contribution in [2.75, 3.05) is 11.9 Å². The zero-order chi connectivity index (χ0) is 19.8. The number of pyridine rings is 1. The molecule has 0 saturated carbocycles. The number of hydrogen-bond donors (Lipinski definition) is 2. The maximum absolute atomic E-state index is 12.1. The number of primary amides is 1. The second-order valence-corrected chi connectivity index (χ2v) is 5.87. The minimum absolute atomic E-state index is 0.0273. The first-order valence-corrected chi connectivity index (χ1v) is 8.59. The van der Waals surface area contributed by atoms with E-state index in [-0.39, 0.29) is 30.6 Å². The van der Waals surface area contributed by atoms with Crippen molar-refractivity contribution in [3.63, 3.8) is 0 Å². The largest absolute Gasteiger partial charge is 0.484 e. The second kappa shape index (κ2) is 9.18. The third-order valence-electron chi connectivity index (χ3n) is 3.64. The maximum atomic E-state index is 12.1. The van der Waals surface area contributed by atoms with Crippen molar-refractivity contribution in [2.24, 2.45) is 5.73 Å². The fourth-order valence-electron chi connectivity index (χ4n) is 2.39. The molecule has 0 radical (unpaired) electrons. The third-order valence-corrected chi connectivity index (χ3v) is 3.64. The Morgan fingerprint density at radius 1 is 0.893 bits per heavy atom. The monoisotopic (exact) mass is 377 g/mol. The molecule has 7 heteroatoms. The van der Waals surface area contributed by atoms with E-state index in [9.17, 15) is 9.59 Å². The summed E-state index contributed by atoms with van der Waals surface area (Å²) >= 11 is 0. The quantitative estimate of drug-likeness (QED) is 0.628. The molecule has 0 saturated heterocycles. The van der Waals surface area contributed by atoms with E-state index >= 15 is 0 Å². The highest BCUT2D eigenvalue weighted by molar-refractivity contribution is 5.91. The van der Waals surface area contributed by atoms with Crippen molar-refractivity contribution in [1.29, 1.82) is 0 Å². The number of amides is 2. The molecule has 2 aromatic carbocycles. The van der Waals surface area contributed by atoms with Gasteiger partial charge in [-0.05, 0) is 36.4 Å². The lowest BCUT2D eigenvalue weighted by molar-refractivity contribution is -0.118. The minimum Gasteiger partial charge on any atom is -0.484 e. The number of anilines is 1. The minimum atomic E-state index is -0.507. The van der Waals surface area contributed by atoms with Crippen LogP contribution >= 0.6 is 0 Å². The van der Waals surface area contributed by atoms with Gasteiger partial charge in [-0.1, -0.05) is 36.4 Å². The molecule has 142 valence electrons. The van der Waals surface area contributed by atoms with Gasteiger partial charge in [0.15, 0.2) is 6.61 Å². The SMILES string of the molecule is NC(=O)Cc1ccc(NC(=O)COc2ccccc2)nc1Oc1ccccc1. The van der Waals surface area contributed by atoms with Crippen LogP contribution in [0.15, 0.2) is 72.8 Å². The number of ether oxygens (including phenoxy) is 2. The molecule has 3 N–H and O–H groups in total. The number of hydrogen-bond acceptors (Lipinski definition) is 5. The fourth-order valence-corrected chi connectivity index (χ4v) is 2.39. The Hall–Kier alpha value is -3.87. The van der Waals surface area contributed by atoms with Gasteiger partial charge in [-0.25, -0.2) is 0 Å². The highest BCUT2D eigenvalue weighted by atomic mass is 16.5. The van der Waals surface area contributed by atoms with Crippen LogP contribution in [0.25, 0.3) is 0 Å². The lowest BCUT2D eigenvalue weighted by atomic mass is 10.2. The van der Waals surface area contributed by atoms with Gasteiger partial charge in [-0.3, -0.25) is 9.59 Å². The number of nitrogens with zero attached hydrogens (tertiary/aromatic N) is 1. The van der Waals surface area contributed by atoms with E-state index < -0.39 is 5.91 Å². The summed E-state index contributed by atoms with van der Waals surface area (Å²) in [6.45, 7) is -0.163. The average Bonchev–Trinajstić information content (AvgIpc) is 2.70. The smallest absolute Gasteiger partial charge is 0.263 e. The van der Waals surface area contributed by atoms with E-state index in [2.05, 4.69) is 10.3 Å². The van der Waals surface area contributed by atoms with E-state index in [4.69, 9.17) is 15.2 Å². The molecule has 0 aliphatic carbocycles. The lowest BCUT2D eigenvalue weighted by Crippen LogP contribution is -2.21. The van der Waals surface area contributed by atoms with Crippen LogP contribution in [0.2, 0.25) is 0 Å². The summed E-state index contributed by atoms with van der Waals surface area (Å²) in [4.78, 5) is 27.7. The highest BCUT2D eigenvalue weighted by Gasteiger charge is 2.13. The predicted molar refractivity (Wildman–Crippen MR) is 104 cm³/mol. The number of nitrogens with two attached hydrogens (primary N) is 1. The standard InChI is InChI=1S/C21H19N3O4/c22-18(25)13-15-11-12-19(24-21(15)28-17-9-5-2-6-10-17)23-20(26)14-27-16-7-3-1-4-8-16/h1-12H,13-14H2,(H2,22,25)(H,23,24,26). The van der Waals surface area contributed by atoms with Crippen molar-refractivity contribution in [3.8, 4) is 17.4 Å². The number of para-hydroxylation sites is 2. The van der Waals surface area contributed by atoms with Gasteiger partial charge in [0, 0.05) is 5.56 Å². The summed E-state index contributed by atoms with van der Waals surface area (Å²) in [5.41, 5.74) is 5.81. The Balaban J connectivity index is 1.71. The van der Waals surface area contributed by atoms with E-state index in [1.807, 2.05) is 36.4 Å². The Bertz CT molecular complexity index is 946. The highest BCUT2D eigenvalue weighted by Crippen LogP contribution is 2.25. The number of benzene rings is 2. The number of nitrogens with one attached hydrogen (secondary N) is 1. The van der Waals surface area contributed by atoms with Gasteiger partial charge >= 0.3 is 0 Å². The van der Waals surface area contributed by atoms with Crippen LogP contribution in [-0.2, 0) is 16.0 Å². The van der Waals surface area contributed by atoms with Gasteiger partial charge in [0.25, 0.3) is 5.91 Å². The topological polar surface area (TPSA) is 104 Å². The molecule has 3 aromatic rings. The summed E-state index contributed by atoms with van der Waals surface area (Å²) in [6.07, 6.45) is -0.0273. The number of aromatic nitrogens is 1. The van der Waals surface area contributed by atoms with Crippen molar-refractivity contribution < 1.29 is 19.1 Å². The van der Waals surface area contributed by atoms with Crippen LogP contribution < -0.4 is 20.5 Å². The van der Waals surface area contributed by atoms with Gasteiger partial charge in [0.2, 0.25) is 11.8 Å². The van der Waals surface area contributed by atoms with Crippen LogP contribution in [-0.4, -0.2) is 23.4 Å². The molecule has 0 bridgehead atoms. The summed E-state index contributed by atoms with van der Waals surface area (Å²) in [6, 6.07) is 21.2. The fraction of sp³-hybridized carbons (Fsp3) is 0.0952. The van der Waals surface area contributed by atoms with Crippen LogP contribution in [0.4, 0.5) is 5.82 Å². The van der Waals surface area contributed by atoms with Gasteiger partial charge in [0.1, 0.15) is 17.3 Å². The zero-order valence-electron chi connectivity index (χ0n) is 15.0. The van der Waals surface area contributed by atoms with Crippen molar-refractivity contribution >= 4 is 17.6 Å². The molecular formula is C21H19N3O4. The van der Waals surface area contributed by atoms with E-state index in [1.54, 1.807) is 36.4 Å². The molecule has 1 heterocycles. The molecule has 2 amide bonds. The van der Waals surface area contributed by atoms with E-state index in [0.29, 0.717) is 17.1 Å². The van der Waals surface area contributed by atoms with Crippen molar-refractivity contribution in [3.05, 3.63) is 78.4 Å². The van der Waals surface area contributed by atoms with Crippen molar-refractivity contribution in [1.82, 2.24) is 4.98 Å². The zero-order valence-corrected chi connectivity index (χ0v) is 15.0. The van der Waals surface area contributed by atoms with E-state index in [1.165, 1.54) is 0 Å². The van der Waals surface area contributed by atoms with E-state index in [0.717, 1.165) is 0 Å². The first-order valence-electron chi connectivity index (χ1n) is 8.59. The predicted octanol–water partition coefficient (Wildman–Crippen LogP) is 2.92. The van der Waals surface area contributed by atoms with Crippen LogP contribution in [0.1, 0.15) is 5.56 Å². The first-order chi connectivity index (χ1) is 13.6. The normalized spacial score (nSPS) is 10.1. The molecule has 0 fully saturated rings. The lowest BCUT2D eigenvalue weighted by Gasteiger charge is -2.12. The molecule has 3 rings (SSSR count). The maximum Gasteiger partial charge on any atom is 0.263 e. The molecule has 0 unspecified atom stereocenters. The number of carbonyl (C=O) groups excluding carboxylic acids is 2. The molecular weight excluding hydrogens is 358 g/mol. The van der Waals surface area contributed by atoms with Gasteiger partial charge in [-0.15, -0.1) is 0 Å². The molecule has 0 aliphatic rings. The van der Waals surface area contributed by atoms with Crippen LogP contribution in [0, 0.1) is 0 Å². The van der Waals surface area contributed by atoms with Crippen LogP contribution in [0.5, 0.6) is 17.4 Å².